The largest absolute Gasteiger partial charge is 0.472 e. The van der Waals surface area contributed by atoms with Crippen LogP contribution in [0.4, 0.5) is 0 Å². The van der Waals surface area contributed by atoms with Crippen molar-refractivity contribution in [3.8, 4) is 0 Å². The van der Waals surface area contributed by atoms with E-state index in [4.69, 9.17) is 18.5 Å². The predicted octanol–water partition coefficient (Wildman–Crippen LogP) is 10.9. The second kappa shape index (κ2) is 34.5. The molecule has 0 aromatic carbocycles. The van der Waals surface area contributed by atoms with Gasteiger partial charge in [-0.15, -0.1) is 0 Å². The van der Waals surface area contributed by atoms with E-state index in [-0.39, 0.29) is 26.1 Å². The van der Waals surface area contributed by atoms with Gasteiger partial charge in [-0.1, -0.05) is 113 Å². The molecule has 0 fully saturated rings. The Labute approximate surface area is 317 Å². The van der Waals surface area contributed by atoms with Gasteiger partial charge in [0.05, 0.1) is 27.7 Å². The molecule has 0 aliphatic rings. The first-order chi connectivity index (χ1) is 25.0. The molecule has 2 atom stereocenters. The number of ether oxygens (including phenoxy) is 2. The minimum absolute atomic E-state index is 0.0208. The number of carbonyl (C=O) groups is 2. The van der Waals surface area contributed by atoms with E-state index in [9.17, 15) is 19.0 Å². The maximum Gasteiger partial charge on any atom is 0.472 e. The van der Waals surface area contributed by atoms with E-state index < -0.39 is 32.5 Å². The number of carbonyl (C=O) groups excluding carboxylic acids is 2. The third kappa shape index (κ3) is 37.5. The first-order valence-electron chi connectivity index (χ1n) is 20.0. The highest BCUT2D eigenvalue weighted by atomic mass is 31.2. The molecule has 0 rings (SSSR count). The van der Waals surface area contributed by atoms with Crippen LogP contribution in [-0.4, -0.2) is 74.9 Å². The number of phosphoric ester groups is 1. The molecule has 0 aromatic rings. The summed E-state index contributed by atoms with van der Waals surface area (Å²) in [6.07, 6.45) is 39.8. The summed E-state index contributed by atoms with van der Waals surface area (Å²) >= 11 is 0. The zero-order valence-corrected chi connectivity index (χ0v) is 34.4. The van der Waals surface area contributed by atoms with Crippen LogP contribution < -0.4 is 0 Å². The highest BCUT2D eigenvalue weighted by Crippen LogP contribution is 2.43. The van der Waals surface area contributed by atoms with Crippen LogP contribution in [-0.2, 0) is 32.7 Å². The average molecular weight is 753 g/mol. The van der Waals surface area contributed by atoms with Crippen molar-refractivity contribution >= 4 is 19.8 Å². The van der Waals surface area contributed by atoms with Crippen LogP contribution in [0.1, 0.15) is 142 Å². The number of nitrogens with zero attached hydrogens (tertiary/aromatic N) is 1. The van der Waals surface area contributed by atoms with Gasteiger partial charge in [-0.25, -0.2) is 4.57 Å². The van der Waals surface area contributed by atoms with Crippen molar-refractivity contribution in [2.45, 2.75) is 148 Å². The van der Waals surface area contributed by atoms with Gasteiger partial charge in [-0.3, -0.25) is 18.6 Å². The van der Waals surface area contributed by atoms with Crippen LogP contribution in [0.3, 0.4) is 0 Å². The molecule has 52 heavy (non-hydrogen) atoms. The molecule has 9 nitrogen and oxygen atoms in total. The number of esters is 2. The van der Waals surface area contributed by atoms with Crippen molar-refractivity contribution in [2.75, 3.05) is 47.5 Å². The molecule has 0 spiro atoms. The first-order valence-corrected chi connectivity index (χ1v) is 21.5. The molecule has 10 heteroatoms. The van der Waals surface area contributed by atoms with Crippen LogP contribution in [0, 0.1) is 0 Å². The highest BCUT2D eigenvalue weighted by Gasteiger charge is 2.27. The number of likely N-dealkylation sites (N-methyl/N-ethyl adjacent to an activating group) is 1. The fourth-order valence-electron chi connectivity index (χ4n) is 4.88. The predicted molar refractivity (Wildman–Crippen MR) is 215 cm³/mol. The zero-order valence-electron chi connectivity index (χ0n) is 33.5. The molecule has 1 N–H and O–H groups in total. The number of rotatable bonds is 35. The van der Waals surface area contributed by atoms with E-state index in [1.807, 2.05) is 21.1 Å². The topological polar surface area (TPSA) is 108 Å². The zero-order chi connectivity index (χ0) is 38.6. The molecule has 0 aliphatic heterocycles. The third-order valence-corrected chi connectivity index (χ3v) is 9.02. The van der Waals surface area contributed by atoms with E-state index in [1.54, 1.807) is 0 Å². The molecular formula is C42H75NO8P+. The van der Waals surface area contributed by atoms with Crippen molar-refractivity contribution in [3.05, 3.63) is 60.8 Å². The van der Waals surface area contributed by atoms with Gasteiger partial charge >= 0.3 is 19.8 Å². The lowest BCUT2D eigenvalue weighted by Gasteiger charge is -2.24. The van der Waals surface area contributed by atoms with Gasteiger partial charge in [0.2, 0.25) is 0 Å². The lowest BCUT2D eigenvalue weighted by atomic mass is 10.1. The van der Waals surface area contributed by atoms with E-state index in [2.05, 4.69) is 74.6 Å². The molecule has 0 saturated heterocycles. The lowest BCUT2D eigenvalue weighted by molar-refractivity contribution is -0.870. The quantitative estimate of drug-likeness (QED) is 0.0224. The normalized spacial score (nSPS) is 14.3. The minimum Gasteiger partial charge on any atom is -0.462 e. The van der Waals surface area contributed by atoms with Gasteiger partial charge in [0.1, 0.15) is 19.8 Å². The Morgan fingerprint density at radius 2 is 1.10 bits per heavy atom. The summed E-state index contributed by atoms with van der Waals surface area (Å²) in [5, 5.41) is 0. The monoisotopic (exact) mass is 753 g/mol. The Bertz CT molecular complexity index is 1080. The number of phosphoric acid groups is 1. The van der Waals surface area contributed by atoms with Gasteiger partial charge in [0.25, 0.3) is 0 Å². The summed E-state index contributed by atoms with van der Waals surface area (Å²) < 4.78 is 34.1. The lowest BCUT2D eigenvalue weighted by Crippen LogP contribution is -2.37. The average Bonchev–Trinajstić information content (AvgIpc) is 3.09. The Balaban J connectivity index is 4.51. The summed E-state index contributed by atoms with van der Waals surface area (Å²) in [5.41, 5.74) is 0. The smallest absolute Gasteiger partial charge is 0.462 e. The maximum absolute atomic E-state index is 12.6. The third-order valence-electron chi connectivity index (χ3n) is 8.03. The van der Waals surface area contributed by atoms with E-state index in [0.29, 0.717) is 23.9 Å². The second-order valence-electron chi connectivity index (χ2n) is 14.3. The van der Waals surface area contributed by atoms with Crippen LogP contribution >= 0.6 is 7.82 Å². The number of hydrogen-bond donors (Lipinski definition) is 1. The fourth-order valence-corrected chi connectivity index (χ4v) is 5.62. The number of unbranched alkanes of at least 4 members (excludes halogenated alkanes) is 11. The number of allylic oxidation sites excluding steroid dienone is 10. The molecule has 1 unspecified atom stereocenters. The summed E-state index contributed by atoms with van der Waals surface area (Å²) in [5.74, 6) is -0.865. The van der Waals surface area contributed by atoms with E-state index >= 15 is 0 Å². The Hall–Kier alpha value is -2.29. The Morgan fingerprint density at radius 3 is 1.69 bits per heavy atom. The molecule has 0 amide bonds. The summed E-state index contributed by atoms with van der Waals surface area (Å²) in [6, 6.07) is 0. The minimum atomic E-state index is -4.38. The van der Waals surface area contributed by atoms with Crippen molar-refractivity contribution in [1.29, 1.82) is 0 Å². The van der Waals surface area contributed by atoms with Crippen molar-refractivity contribution in [3.63, 3.8) is 0 Å². The van der Waals surface area contributed by atoms with Gasteiger partial charge in [0.15, 0.2) is 6.10 Å². The van der Waals surface area contributed by atoms with Gasteiger partial charge < -0.3 is 18.9 Å². The molecule has 0 saturated carbocycles. The first kappa shape index (κ1) is 49.7. The van der Waals surface area contributed by atoms with Crippen LogP contribution in [0.2, 0.25) is 0 Å². The molecule has 300 valence electrons. The van der Waals surface area contributed by atoms with Crippen molar-refractivity contribution in [1.82, 2.24) is 0 Å². The number of quaternary nitrogens is 1. The van der Waals surface area contributed by atoms with E-state index in [1.165, 1.54) is 32.1 Å². The van der Waals surface area contributed by atoms with Gasteiger partial charge in [0, 0.05) is 12.8 Å². The molecule has 0 heterocycles. The molecular weight excluding hydrogens is 677 g/mol. The number of hydrogen-bond acceptors (Lipinski definition) is 7. The summed E-state index contributed by atoms with van der Waals surface area (Å²) in [4.78, 5) is 35.2. The van der Waals surface area contributed by atoms with Gasteiger partial charge in [-0.05, 0) is 77.0 Å². The highest BCUT2D eigenvalue weighted by molar-refractivity contribution is 7.47. The second-order valence-corrected chi connectivity index (χ2v) is 15.7. The van der Waals surface area contributed by atoms with Crippen LogP contribution in [0.15, 0.2) is 60.8 Å². The molecule has 0 radical (unpaired) electrons. The van der Waals surface area contributed by atoms with Crippen LogP contribution in [0.5, 0.6) is 0 Å². The van der Waals surface area contributed by atoms with E-state index in [0.717, 1.165) is 70.6 Å². The maximum atomic E-state index is 12.6. The molecule has 0 aromatic heterocycles. The standard InChI is InChI=1S/C42H74NO8P/c1-6-8-10-12-14-16-18-20-21-23-24-26-28-30-32-34-41(44)48-38-40(39-50-52(46,47)49-37-36-43(3,4)5)51-42(45)35-33-31-29-27-25-22-19-17-15-13-11-9-7-2/h8,10,14,16-17,19-21,24,26,40H,6-7,9,11-13,15,18,22-23,25,27-39H2,1-5H3/p+1/b10-8+,16-14+,19-17+,21-20+,26-24+/t40-/m1/s1. The summed E-state index contributed by atoms with van der Waals surface area (Å²) in [6.45, 7) is 4.20. The summed E-state index contributed by atoms with van der Waals surface area (Å²) in [7, 11) is 1.44. The molecule has 0 bridgehead atoms. The van der Waals surface area contributed by atoms with Crippen LogP contribution in [0.25, 0.3) is 0 Å². The van der Waals surface area contributed by atoms with Crippen molar-refractivity contribution < 1.29 is 42.1 Å². The SMILES string of the molecule is CC/C=C/C/C=C/C/C=C/C/C=C/CCCCC(=O)OC[C@H](COP(=O)(O)OCC[N+](C)(C)C)OC(=O)CCCCCCC/C=C/CCCCCC. The van der Waals surface area contributed by atoms with Crippen molar-refractivity contribution in [2.24, 2.45) is 0 Å². The Morgan fingerprint density at radius 1 is 0.615 bits per heavy atom. The molecule has 0 aliphatic carbocycles. The fraction of sp³-hybridized carbons (Fsp3) is 0.714. The Kier molecular flexibility index (Phi) is 33.0. The van der Waals surface area contributed by atoms with Gasteiger partial charge in [-0.2, -0.15) is 0 Å².